The zero-order chi connectivity index (χ0) is 74.5. The van der Waals surface area contributed by atoms with E-state index in [4.69, 9.17) is 71.1 Å². The van der Waals surface area contributed by atoms with E-state index >= 15 is 0 Å². The molecule has 8 heterocycles. The van der Waals surface area contributed by atoms with E-state index in [9.17, 15) is 132 Å². The maximum atomic E-state index is 13.0. The smallest absolute Gasteiger partial charge is 0.217 e. The molecule has 0 aromatic heterocycles. The van der Waals surface area contributed by atoms with Gasteiger partial charge in [0.2, 0.25) is 23.6 Å². The Morgan fingerprint density at radius 2 is 0.545 bits per heavy atom. The van der Waals surface area contributed by atoms with E-state index in [0.717, 1.165) is 27.7 Å². The van der Waals surface area contributed by atoms with Crippen LogP contribution >= 0.6 is 0 Å². The minimum atomic E-state index is -2.62. The molecule has 0 aliphatic carbocycles. The number of nitrogens with one attached hydrogen (secondary N) is 4. The van der Waals surface area contributed by atoms with Crippen LogP contribution in [0.25, 0.3) is 0 Å². The Balaban J connectivity index is 1.22. The number of aliphatic hydroxyl groups excluding tert-OH is 22. The fraction of sp³-hybridized carbons (Fsp3) is 0.929. The van der Waals surface area contributed by atoms with Crippen LogP contribution in [-0.2, 0) is 90.2 Å². The monoisotopic (exact) mass is 1480 g/mol. The second-order valence-corrected chi connectivity index (χ2v) is 25.4. The lowest BCUT2D eigenvalue weighted by Gasteiger charge is -2.52. The van der Waals surface area contributed by atoms with E-state index in [1.807, 2.05) is 0 Å². The molecule has 101 heavy (non-hydrogen) atoms. The molecule has 8 rings (SSSR count). The van der Waals surface area contributed by atoms with E-state index < -0.39 is 322 Å². The van der Waals surface area contributed by atoms with E-state index in [1.165, 1.54) is 0 Å². The largest absolute Gasteiger partial charge is 0.394 e. The number of hydrogen-bond donors (Lipinski definition) is 26. The summed E-state index contributed by atoms with van der Waals surface area (Å²) in [5.41, 5.74) is 0. The van der Waals surface area contributed by atoms with E-state index in [0.29, 0.717) is 0 Å². The fourth-order valence-corrected chi connectivity index (χ4v) is 13.0. The highest BCUT2D eigenvalue weighted by Crippen LogP contribution is 2.40. The van der Waals surface area contributed by atoms with Crippen molar-refractivity contribution in [1.29, 1.82) is 0 Å². The first-order valence-electron chi connectivity index (χ1n) is 32.1. The molecule has 8 saturated heterocycles. The number of amides is 4. The molecule has 8 aliphatic heterocycles. The molecule has 0 radical (unpaired) electrons. The van der Waals surface area contributed by atoms with Crippen LogP contribution in [0.2, 0.25) is 0 Å². The topological polar surface area (TPSA) is 700 Å². The van der Waals surface area contributed by atoms with Crippen LogP contribution in [-0.4, -0.2) is 434 Å². The Labute approximate surface area is 572 Å². The SMILES string of the molecule is CC(=O)N[C@H]1[C@H](O[C@H]2[C@H](O)[C@@H](NC(C)=O)C(O)O[C@@H]2CO)O[C@H](CO)[C@@H](O[C@@H]2O[C@H](CO[C@H]3O[C@H](CO)[C@@H](O)[C@H](O)[C@@H]3O)[C@@H](O[C@@H]3O[C@H](CO)[C@@H](O)[C@H](O)[C@H]3NC(C)=O)[C@H](O[C@H]3O[C@H](CO)[C@@H](O)[C@H](O)[C@@H]3O[C@@H]3O[C@H](CO)[C@@H](O[C@@H]4O[C@H](CO)[C@H](O)[C@H](O)[C@H]4O)[C@H](O)[C@H]3NC(C)=O)[C@@H]2O)[C@@H]1O. The molecular formula is C56H94N4O41. The molecule has 8 fully saturated rings. The molecule has 0 bridgehead atoms. The summed E-state index contributed by atoms with van der Waals surface area (Å²) in [5.74, 6) is -3.59. The van der Waals surface area contributed by atoms with Gasteiger partial charge in [0.25, 0.3) is 0 Å². The van der Waals surface area contributed by atoms with Crippen molar-refractivity contribution in [2.45, 2.75) is 273 Å². The summed E-state index contributed by atoms with van der Waals surface area (Å²) in [5, 5.41) is 252. The average molecular weight is 1480 g/mol. The van der Waals surface area contributed by atoms with Crippen molar-refractivity contribution >= 4 is 23.6 Å². The molecule has 45 heteroatoms. The van der Waals surface area contributed by atoms with Gasteiger partial charge >= 0.3 is 0 Å². The van der Waals surface area contributed by atoms with Crippen molar-refractivity contribution in [3.63, 3.8) is 0 Å². The number of ether oxygens (including phenoxy) is 15. The van der Waals surface area contributed by atoms with Crippen LogP contribution in [0, 0.1) is 0 Å². The van der Waals surface area contributed by atoms with Crippen LogP contribution < -0.4 is 21.3 Å². The molecule has 1 unspecified atom stereocenters. The molecule has 26 N–H and O–H groups in total. The van der Waals surface area contributed by atoms with E-state index in [2.05, 4.69) is 21.3 Å². The number of aliphatic hydroxyl groups is 22. The highest BCUT2D eigenvalue weighted by Gasteiger charge is 2.61. The first-order valence-corrected chi connectivity index (χ1v) is 32.1. The lowest BCUT2D eigenvalue weighted by Crippen LogP contribution is -2.71. The first kappa shape index (κ1) is 83.0. The third kappa shape index (κ3) is 18.5. The van der Waals surface area contributed by atoms with Crippen molar-refractivity contribution < 1.29 is 203 Å². The van der Waals surface area contributed by atoms with Crippen LogP contribution in [0.4, 0.5) is 0 Å². The molecule has 0 saturated carbocycles. The van der Waals surface area contributed by atoms with Crippen LogP contribution in [0.1, 0.15) is 27.7 Å². The van der Waals surface area contributed by atoms with Gasteiger partial charge in [-0.05, 0) is 0 Å². The fourth-order valence-electron chi connectivity index (χ4n) is 13.0. The number of rotatable bonds is 26. The summed E-state index contributed by atoms with van der Waals surface area (Å²) in [6, 6.07) is -7.42. The van der Waals surface area contributed by atoms with Gasteiger partial charge in [0.1, 0.15) is 195 Å². The molecule has 40 atom stereocenters. The van der Waals surface area contributed by atoms with Gasteiger partial charge in [0.15, 0.2) is 50.3 Å². The van der Waals surface area contributed by atoms with Gasteiger partial charge in [-0.15, -0.1) is 0 Å². The number of carbonyl (C=O) groups excluding carboxylic acids is 4. The molecule has 0 spiro atoms. The second kappa shape index (κ2) is 36.3. The van der Waals surface area contributed by atoms with Crippen LogP contribution in [0.15, 0.2) is 0 Å². The van der Waals surface area contributed by atoms with Crippen molar-refractivity contribution in [2.75, 3.05) is 52.9 Å². The Kier molecular flexibility index (Phi) is 29.9. The molecule has 8 aliphatic rings. The molecule has 45 nitrogen and oxygen atoms in total. The average Bonchev–Trinajstić information content (AvgIpc) is 0.763. The lowest BCUT2D eigenvalue weighted by molar-refractivity contribution is -0.407. The Hall–Kier alpha value is -3.60. The van der Waals surface area contributed by atoms with E-state index in [1.54, 1.807) is 0 Å². The van der Waals surface area contributed by atoms with Crippen LogP contribution in [0.5, 0.6) is 0 Å². The third-order valence-corrected chi connectivity index (χ3v) is 18.2. The van der Waals surface area contributed by atoms with Gasteiger partial charge in [-0.2, -0.15) is 0 Å². The third-order valence-electron chi connectivity index (χ3n) is 18.2. The zero-order valence-corrected chi connectivity index (χ0v) is 54.3. The summed E-state index contributed by atoms with van der Waals surface area (Å²) in [6.45, 7) is -4.84. The van der Waals surface area contributed by atoms with Gasteiger partial charge in [0, 0.05) is 27.7 Å². The highest BCUT2D eigenvalue weighted by atomic mass is 16.8. The van der Waals surface area contributed by atoms with E-state index in [-0.39, 0.29) is 0 Å². The first-order chi connectivity index (χ1) is 47.8. The number of hydrogen-bond acceptors (Lipinski definition) is 41. The summed E-state index contributed by atoms with van der Waals surface area (Å²) in [6.07, 6.45) is -75.0. The van der Waals surface area contributed by atoms with Crippen molar-refractivity contribution in [1.82, 2.24) is 21.3 Å². The quantitative estimate of drug-likeness (QED) is 0.0382. The Morgan fingerprint density at radius 1 is 0.257 bits per heavy atom. The molecule has 0 aromatic carbocycles. The van der Waals surface area contributed by atoms with Gasteiger partial charge in [0.05, 0.1) is 52.9 Å². The van der Waals surface area contributed by atoms with Crippen molar-refractivity contribution in [3.05, 3.63) is 0 Å². The predicted molar refractivity (Wildman–Crippen MR) is 311 cm³/mol. The molecular weight excluding hydrogens is 1380 g/mol. The Morgan fingerprint density at radius 3 is 0.980 bits per heavy atom. The molecule has 4 amide bonds. The summed E-state index contributed by atoms with van der Waals surface area (Å²) in [7, 11) is 0. The summed E-state index contributed by atoms with van der Waals surface area (Å²) in [4.78, 5) is 50.9. The zero-order valence-electron chi connectivity index (χ0n) is 54.3. The molecule has 0 aromatic rings. The standard InChI is InChI=1S/C56H94N4O41/c1-13(68)57-25-34(77)43(21(9-65)88-49(25)86)96-51-27(59-15(3)70)35(78)45(23(11-67)93-51)98-55-42(85)47(46(99-50-26(58-14(2)69)33(76)29(72)17(5-61)89-50)24(95-55)12-87-53-40(83)37(80)30(73)18(6-62)90-53)100-56-48(39(82)32(75)20(8-64)92-56)101-52-28(60-16(4)71)36(79)44(22(10-66)94-52)97-54-41(84)38(81)31(74)19(7-63)91-54/h17-56,61-67,72-86H,5-12H2,1-4H3,(H,57,68)(H,58,69)(H,59,70)(H,60,71)/t17-,18-,19-,20-,21-,22-,23-,24-,25-,26-,27-,28-,29-,30-,31+,32-,33-,34-,35-,36-,37+,38+,39+,40+,41-,42+,43-,44-,45-,46-,47-,48+,49?,50+,51+,52+,53+,54+,55+,56-/m1/s1. The highest BCUT2D eigenvalue weighted by molar-refractivity contribution is 5.74. The maximum absolute atomic E-state index is 13.0. The molecule has 584 valence electrons. The minimum Gasteiger partial charge on any atom is -0.394 e. The Bertz CT molecular complexity index is 2640. The summed E-state index contributed by atoms with van der Waals surface area (Å²) >= 11 is 0. The summed E-state index contributed by atoms with van der Waals surface area (Å²) < 4.78 is 90.0. The predicted octanol–water partition coefficient (Wildman–Crippen LogP) is -17.9. The van der Waals surface area contributed by atoms with Gasteiger partial charge in [-0.1, -0.05) is 0 Å². The van der Waals surface area contributed by atoms with Crippen molar-refractivity contribution in [3.8, 4) is 0 Å². The number of carbonyl (C=O) groups is 4. The van der Waals surface area contributed by atoms with Gasteiger partial charge in [-0.25, -0.2) is 0 Å². The lowest BCUT2D eigenvalue weighted by atomic mass is 9.93. The minimum absolute atomic E-state index is 0.778. The maximum Gasteiger partial charge on any atom is 0.217 e. The normalized spacial score (nSPS) is 48.3. The van der Waals surface area contributed by atoms with Crippen molar-refractivity contribution in [2.24, 2.45) is 0 Å². The van der Waals surface area contributed by atoms with Gasteiger partial charge < -0.3 is 205 Å². The second-order valence-electron chi connectivity index (χ2n) is 25.4. The van der Waals surface area contributed by atoms with Crippen LogP contribution in [0.3, 0.4) is 0 Å². The van der Waals surface area contributed by atoms with Gasteiger partial charge in [-0.3, -0.25) is 19.2 Å².